The molecule has 3 rings (SSSR count). The SMILES string of the molecule is CC1CC(CN)(N2CC3CCCC3C2)CS1. The summed E-state index contributed by atoms with van der Waals surface area (Å²) >= 11 is 2.12. The van der Waals surface area contributed by atoms with Crippen molar-refractivity contribution in [3.63, 3.8) is 0 Å². The minimum atomic E-state index is 0.356. The van der Waals surface area contributed by atoms with Crippen LogP contribution in [0, 0.1) is 11.8 Å². The largest absolute Gasteiger partial charge is 0.329 e. The van der Waals surface area contributed by atoms with E-state index in [1.807, 2.05) is 0 Å². The van der Waals surface area contributed by atoms with E-state index in [0.717, 1.165) is 23.6 Å². The van der Waals surface area contributed by atoms with Gasteiger partial charge in [0.1, 0.15) is 0 Å². The fraction of sp³-hybridized carbons (Fsp3) is 1.00. The van der Waals surface area contributed by atoms with E-state index in [1.165, 1.54) is 44.5 Å². The molecule has 3 aliphatic rings. The van der Waals surface area contributed by atoms with Gasteiger partial charge < -0.3 is 5.73 Å². The van der Waals surface area contributed by atoms with Gasteiger partial charge in [-0.15, -0.1) is 0 Å². The zero-order chi connectivity index (χ0) is 11.2. The maximum absolute atomic E-state index is 6.11. The first-order valence-corrected chi connectivity index (χ1v) is 7.85. The summed E-state index contributed by atoms with van der Waals surface area (Å²) in [6.07, 6.45) is 5.74. The first kappa shape index (κ1) is 11.4. The van der Waals surface area contributed by atoms with Crippen molar-refractivity contribution < 1.29 is 0 Å². The summed E-state index contributed by atoms with van der Waals surface area (Å²) in [7, 11) is 0. The van der Waals surface area contributed by atoms with Crippen LogP contribution in [0.15, 0.2) is 0 Å². The van der Waals surface area contributed by atoms with Crippen molar-refractivity contribution in [1.29, 1.82) is 0 Å². The van der Waals surface area contributed by atoms with Crippen molar-refractivity contribution in [2.24, 2.45) is 17.6 Å². The summed E-state index contributed by atoms with van der Waals surface area (Å²) in [6, 6.07) is 0. The third-order valence-corrected chi connectivity index (χ3v) is 6.52. The lowest BCUT2D eigenvalue weighted by atomic mass is 9.94. The van der Waals surface area contributed by atoms with E-state index >= 15 is 0 Å². The minimum absolute atomic E-state index is 0.356. The Balaban J connectivity index is 1.72. The minimum Gasteiger partial charge on any atom is -0.329 e. The molecule has 0 aromatic heterocycles. The summed E-state index contributed by atoms with van der Waals surface area (Å²) in [6.45, 7) is 5.91. The Kier molecular flexibility index (Phi) is 2.97. The van der Waals surface area contributed by atoms with E-state index in [1.54, 1.807) is 0 Å². The second kappa shape index (κ2) is 4.18. The molecular formula is C13H24N2S. The number of nitrogens with two attached hydrogens (primary N) is 1. The van der Waals surface area contributed by atoms with Gasteiger partial charge in [-0.2, -0.15) is 11.8 Å². The standard InChI is InChI=1S/C13H24N2S/c1-10-5-13(8-14,9-16-10)15-6-11-3-2-4-12(11)7-15/h10-12H,2-9,14H2,1H3. The fourth-order valence-corrected chi connectivity index (χ4v) is 5.51. The molecule has 2 N–H and O–H groups in total. The van der Waals surface area contributed by atoms with Crippen molar-refractivity contribution in [3.8, 4) is 0 Å². The Hall–Kier alpha value is 0.270. The van der Waals surface area contributed by atoms with Crippen LogP contribution in [0.4, 0.5) is 0 Å². The first-order valence-electron chi connectivity index (χ1n) is 6.80. The van der Waals surface area contributed by atoms with Crippen LogP contribution in [0.2, 0.25) is 0 Å². The van der Waals surface area contributed by atoms with E-state index in [-0.39, 0.29) is 0 Å². The lowest BCUT2D eigenvalue weighted by Gasteiger charge is -2.38. The van der Waals surface area contributed by atoms with Crippen LogP contribution in [0.1, 0.15) is 32.6 Å². The average Bonchev–Trinajstić information content (AvgIpc) is 2.90. The highest BCUT2D eigenvalue weighted by Crippen LogP contribution is 2.45. The molecule has 16 heavy (non-hydrogen) atoms. The van der Waals surface area contributed by atoms with Crippen molar-refractivity contribution in [3.05, 3.63) is 0 Å². The second-order valence-electron chi connectivity index (χ2n) is 6.11. The van der Waals surface area contributed by atoms with Gasteiger partial charge in [0, 0.05) is 36.2 Å². The predicted octanol–water partition coefficient (Wildman–Crippen LogP) is 1.94. The molecule has 2 saturated heterocycles. The normalized spacial score (nSPS) is 48.8. The smallest absolute Gasteiger partial charge is 0.0432 e. The van der Waals surface area contributed by atoms with E-state index in [4.69, 9.17) is 5.73 Å². The van der Waals surface area contributed by atoms with E-state index in [2.05, 4.69) is 23.6 Å². The van der Waals surface area contributed by atoms with Gasteiger partial charge in [-0.1, -0.05) is 13.3 Å². The molecule has 0 radical (unpaired) electrons. The summed E-state index contributed by atoms with van der Waals surface area (Å²) in [5, 5.41) is 0.809. The van der Waals surface area contributed by atoms with Gasteiger partial charge >= 0.3 is 0 Å². The molecule has 2 nitrogen and oxygen atoms in total. The number of rotatable bonds is 2. The molecule has 1 saturated carbocycles. The zero-order valence-electron chi connectivity index (χ0n) is 10.3. The van der Waals surface area contributed by atoms with E-state index < -0.39 is 0 Å². The second-order valence-corrected chi connectivity index (χ2v) is 7.54. The van der Waals surface area contributed by atoms with Crippen LogP contribution < -0.4 is 5.73 Å². The lowest BCUT2D eigenvalue weighted by Crippen LogP contribution is -2.53. The molecule has 3 heteroatoms. The predicted molar refractivity (Wildman–Crippen MR) is 70.7 cm³/mol. The zero-order valence-corrected chi connectivity index (χ0v) is 11.1. The Bertz CT molecular complexity index is 259. The highest BCUT2D eigenvalue weighted by molar-refractivity contribution is 8.00. The van der Waals surface area contributed by atoms with Crippen molar-refractivity contribution in [2.45, 2.75) is 43.4 Å². The van der Waals surface area contributed by atoms with Crippen LogP contribution >= 0.6 is 11.8 Å². The highest BCUT2D eigenvalue weighted by Gasteiger charge is 2.48. The molecule has 0 aromatic rings. The lowest BCUT2D eigenvalue weighted by molar-refractivity contribution is 0.133. The van der Waals surface area contributed by atoms with Gasteiger partial charge in [-0.05, 0) is 31.1 Å². The average molecular weight is 240 g/mol. The van der Waals surface area contributed by atoms with Crippen molar-refractivity contribution in [2.75, 3.05) is 25.4 Å². The number of likely N-dealkylation sites (tertiary alicyclic amines) is 1. The summed E-state index contributed by atoms with van der Waals surface area (Å²) in [4.78, 5) is 2.76. The Morgan fingerprint density at radius 2 is 2.00 bits per heavy atom. The number of nitrogens with zero attached hydrogens (tertiary/aromatic N) is 1. The molecule has 2 heterocycles. The molecule has 0 aromatic carbocycles. The fourth-order valence-electron chi connectivity index (χ4n) is 4.06. The van der Waals surface area contributed by atoms with Crippen LogP contribution in [0.25, 0.3) is 0 Å². The van der Waals surface area contributed by atoms with Crippen molar-refractivity contribution in [1.82, 2.24) is 4.90 Å². The van der Waals surface area contributed by atoms with Gasteiger partial charge in [-0.3, -0.25) is 4.90 Å². The van der Waals surface area contributed by atoms with Crippen LogP contribution in [-0.2, 0) is 0 Å². The molecule has 4 atom stereocenters. The summed E-state index contributed by atoms with van der Waals surface area (Å²) in [5.74, 6) is 3.28. The molecule has 0 spiro atoms. The number of hydrogen-bond donors (Lipinski definition) is 1. The molecular weight excluding hydrogens is 216 g/mol. The van der Waals surface area contributed by atoms with Crippen molar-refractivity contribution >= 4 is 11.8 Å². The third kappa shape index (κ3) is 1.72. The molecule has 2 aliphatic heterocycles. The Morgan fingerprint density at radius 1 is 1.31 bits per heavy atom. The first-order chi connectivity index (χ1) is 7.73. The van der Waals surface area contributed by atoms with Gasteiger partial charge in [-0.25, -0.2) is 0 Å². The van der Waals surface area contributed by atoms with Crippen LogP contribution in [0.5, 0.6) is 0 Å². The maximum Gasteiger partial charge on any atom is 0.0432 e. The monoisotopic (exact) mass is 240 g/mol. The van der Waals surface area contributed by atoms with Gasteiger partial charge in [0.15, 0.2) is 0 Å². The van der Waals surface area contributed by atoms with Crippen LogP contribution in [0.3, 0.4) is 0 Å². The number of thioether (sulfide) groups is 1. The summed E-state index contributed by atoms with van der Waals surface area (Å²) in [5.41, 5.74) is 6.46. The molecule has 1 aliphatic carbocycles. The molecule has 0 bridgehead atoms. The molecule has 92 valence electrons. The van der Waals surface area contributed by atoms with Gasteiger partial charge in [0.25, 0.3) is 0 Å². The highest BCUT2D eigenvalue weighted by atomic mass is 32.2. The topological polar surface area (TPSA) is 29.3 Å². The van der Waals surface area contributed by atoms with Crippen LogP contribution in [-0.4, -0.2) is 41.1 Å². The molecule has 3 fully saturated rings. The van der Waals surface area contributed by atoms with Gasteiger partial charge in [0.05, 0.1) is 0 Å². The Morgan fingerprint density at radius 3 is 2.50 bits per heavy atom. The van der Waals surface area contributed by atoms with Gasteiger partial charge in [0.2, 0.25) is 0 Å². The number of fused-ring (bicyclic) bond motifs is 1. The molecule has 4 unspecified atom stereocenters. The maximum atomic E-state index is 6.11. The number of hydrogen-bond acceptors (Lipinski definition) is 3. The molecule has 0 amide bonds. The third-order valence-electron chi connectivity index (χ3n) is 5.08. The van der Waals surface area contributed by atoms with E-state index in [9.17, 15) is 0 Å². The Labute approximate surface area is 103 Å². The quantitative estimate of drug-likeness (QED) is 0.800. The van der Waals surface area contributed by atoms with E-state index in [0.29, 0.717) is 5.54 Å². The summed E-state index contributed by atoms with van der Waals surface area (Å²) < 4.78 is 0.